The average molecular weight is 296 g/mol. The van der Waals surface area contributed by atoms with Crippen molar-refractivity contribution in [3.05, 3.63) is 29.5 Å². The number of hydrogen-bond acceptors (Lipinski definition) is 6. The van der Waals surface area contributed by atoms with E-state index < -0.39 is 0 Å². The molecule has 4 nitrogen and oxygen atoms in total. The molecule has 0 amide bonds. The highest BCUT2D eigenvalue weighted by Gasteiger charge is 2.10. The highest BCUT2D eigenvalue weighted by molar-refractivity contribution is 8.00. The number of hydrogen-bond donors (Lipinski definition) is 1. The van der Waals surface area contributed by atoms with Crippen LogP contribution in [0.4, 0.5) is 5.13 Å². The van der Waals surface area contributed by atoms with Crippen LogP contribution in [0.25, 0.3) is 0 Å². The number of anilines is 1. The minimum atomic E-state index is 0.609. The lowest BCUT2D eigenvalue weighted by Gasteiger charge is -2.09. The number of nitrogens with zero attached hydrogens (tertiary/aromatic N) is 1. The molecule has 1 aromatic heterocycles. The Hall–Kier alpha value is -1.40. The zero-order valence-corrected chi connectivity index (χ0v) is 12.7. The van der Waals surface area contributed by atoms with Crippen molar-refractivity contribution >= 4 is 28.2 Å². The summed E-state index contributed by atoms with van der Waals surface area (Å²) in [5.41, 5.74) is 7.78. The zero-order chi connectivity index (χ0) is 13.8. The molecule has 0 atom stereocenters. The molecule has 2 aromatic rings. The first-order valence-electron chi connectivity index (χ1n) is 5.70. The van der Waals surface area contributed by atoms with Gasteiger partial charge in [0.2, 0.25) is 0 Å². The SMILES string of the molecule is COc1ccc(OC)c(CSc2sc(N)nc2C)c1. The highest BCUT2D eigenvalue weighted by atomic mass is 32.2. The fourth-order valence-corrected chi connectivity index (χ4v) is 3.68. The number of aromatic nitrogens is 1. The second kappa shape index (κ2) is 6.16. The van der Waals surface area contributed by atoms with Crippen LogP contribution in [0.3, 0.4) is 0 Å². The van der Waals surface area contributed by atoms with Gasteiger partial charge in [0.05, 0.1) is 24.1 Å². The maximum Gasteiger partial charge on any atom is 0.181 e. The number of methoxy groups -OCH3 is 2. The van der Waals surface area contributed by atoms with E-state index in [-0.39, 0.29) is 0 Å². The van der Waals surface area contributed by atoms with Gasteiger partial charge in [0, 0.05) is 11.3 Å². The van der Waals surface area contributed by atoms with E-state index in [2.05, 4.69) is 4.98 Å². The normalized spacial score (nSPS) is 10.5. The van der Waals surface area contributed by atoms with Gasteiger partial charge >= 0.3 is 0 Å². The maximum absolute atomic E-state index is 5.70. The third-order valence-electron chi connectivity index (χ3n) is 2.62. The van der Waals surface area contributed by atoms with E-state index in [1.165, 1.54) is 11.3 Å². The number of thiazole rings is 1. The van der Waals surface area contributed by atoms with Crippen molar-refractivity contribution in [2.24, 2.45) is 0 Å². The monoisotopic (exact) mass is 296 g/mol. The molecule has 0 saturated carbocycles. The minimum absolute atomic E-state index is 0.609. The Morgan fingerprint density at radius 1 is 1.32 bits per heavy atom. The number of thioether (sulfide) groups is 1. The third kappa shape index (κ3) is 3.33. The summed E-state index contributed by atoms with van der Waals surface area (Å²) >= 11 is 3.22. The first-order valence-corrected chi connectivity index (χ1v) is 7.51. The Bertz CT molecular complexity index is 570. The van der Waals surface area contributed by atoms with E-state index in [0.29, 0.717) is 5.13 Å². The zero-order valence-electron chi connectivity index (χ0n) is 11.1. The number of rotatable bonds is 5. The average Bonchev–Trinajstić information content (AvgIpc) is 2.74. The lowest BCUT2D eigenvalue weighted by atomic mass is 10.2. The van der Waals surface area contributed by atoms with Crippen molar-refractivity contribution in [3.63, 3.8) is 0 Å². The summed E-state index contributed by atoms with van der Waals surface area (Å²) in [5.74, 6) is 2.49. The molecule has 0 radical (unpaired) electrons. The fraction of sp³-hybridized carbons (Fsp3) is 0.308. The van der Waals surface area contributed by atoms with Crippen LogP contribution in [0.2, 0.25) is 0 Å². The second-order valence-corrected chi connectivity index (χ2v) is 6.17. The smallest absolute Gasteiger partial charge is 0.181 e. The van der Waals surface area contributed by atoms with E-state index in [4.69, 9.17) is 15.2 Å². The van der Waals surface area contributed by atoms with E-state index in [1.807, 2.05) is 25.1 Å². The van der Waals surface area contributed by atoms with Gasteiger partial charge in [0.25, 0.3) is 0 Å². The van der Waals surface area contributed by atoms with E-state index in [1.54, 1.807) is 26.0 Å². The summed E-state index contributed by atoms with van der Waals surface area (Å²) in [7, 11) is 3.33. The van der Waals surface area contributed by atoms with E-state index in [9.17, 15) is 0 Å². The van der Waals surface area contributed by atoms with Gasteiger partial charge in [-0.25, -0.2) is 4.98 Å². The summed E-state index contributed by atoms with van der Waals surface area (Å²) in [6.45, 7) is 1.97. The van der Waals surface area contributed by atoms with Crippen LogP contribution in [0, 0.1) is 6.92 Å². The van der Waals surface area contributed by atoms with Gasteiger partial charge < -0.3 is 15.2 Å². The van der Waals surface area contributed by atoms with Crippen LogP contribution < -0.4 is 15.2 Å². The second-order valence-electron chi connectivity index (χ2n) is 3.89. The number of nitrogen functional groups attached to an aromatic ring is 1. The summed E-state index contributed by atoms with van der Waals surface area (Å²) in [4.78, 5) is 4.22. The van der Waals surface area contributed by atoms with Gasteiger partial charge in [-0.3, -0.25) is 0 Å². The molecule has 0 aliphatic rings. The van der Waals surface area contributed by atoms with Gasteiger partial charge in [-0.2, -0.15) is 0 Å². The molecule has 0 fully saturated rings. The summed E-state index contributed by atoms with van der Waals surface area (Å²) in [6.07, 6.45) is 0. The molecule has 6 heteroatoms. The predicted molar refractivity (Wildman–Crippen MR) is 80.4 cm³/mol. The van der Waals surface area contributed by atoms with Crippen LogP contribution in [0.1, 0.15) is 11.3 Å². The van der Waals surface area contributed by atoms with Crippen molar-refractivity contribution in [3.8, 4) is 11.5 Å². The molecule has 0 unspecified atom stereocenters. The number of aryl methyl sites for hydroxylation is 1. The number of nitrogens with two attached hydrogens (primary N) is 1. The molecule has 0 aliphatic heterocycles. The minimum Gasteiger partial charge on any atom is -0.497 e. The standard InChI is InChI=1S/C13H16N2O2S2/c1-8-12(19-13(14)15-8)18-7-9-6-10(16-2)4-5-11(9)17-3/h4-6H,7H2,1-3H3,(H2,14,15). The molecule has 2 N–H and O–H groups in total. The Balaban J connectivity index is 2.16. The third-order valence-corrected chi connectivity index (χ3v) is 5.01. The summed E-state index contributed by atoms with van der Waals surface area (Å²) < 4.78 is 11.7. The highest BCUT2D eigenvalue weighted by Crippen LogP contribution is 2.35. The Labute approximate surface area is 120 Å². The number of benzene rings is 1. The molecule has 102 valence electrons. The molecule has 2 rings (SSSR count). The van der Waals surface area contributed by atoms with E-state index in [0.717, 1.165) is 32.7 Å². The first-order chi connectivity index (χ1) is 9.13. The topological polar surface area (TPSA) is 57.4 Å². The molecule has 0 aliphatic carbocycles. The van der Waals surface area contributed by atoms with Crippen molar-refractivity contribution < 1.29 is 9.47 Å². The maximum atomic E-state index is 5.70. The Kier molecular flexibility index (Phi) is 4.55. The molecular formula is C13H16N2O2S2. The number of ether oxygens (including phenoxy) is 2. The quantitative estimate of drug-likeness (QED) is 0.858. The van der Waals surface area contributed by atoms with Crippen molar-refractivity contribution in [1.82, 2.24) is 4.98 Å². The van der Waals surface area contributed by atoms with Crippen molar-refractivity contribution in [2.75, 3.05) is 20.0 Å². The van der Waals surface area contributed by atoms with Gasteiger partial charge in [0.15, 0.2) is 5.13 Å². The summed E-state index contributed by atoms with van der Waals surface area (Å²) in [6, 6.07) is 5.80. The van der Waals surface area contributed by atoms with Gasteiger partial charge in [-0.05, 0) is 25.1 Å². The fourth-order valence-electron chi connectivity index (χ4n) is 1.67. The molecule has 1 aromatic carbocycles. The van der Waals surface area contributed by atoms with Crippen LogP contribution in [-0.4, -0.2) is 19.2 Å². The Morgan fingerprint density at radius 2 is 2.11 bits per heavy atom. The molecule has 0 bridgehead atoms. The van der Waals surface area contributed by atoms with Gasteiger partial charge in [0.1, 0.15) is 11.5 Å². The molecule has 0 spiro atoms. The largest absolute Gasteiger partial charge is 0.497 e. The predicted octanol–water partition coefficient (Wildman–Crippen LogP) is 3.34. The van der Waals surface area contributed by atoms with Gasteiger partial charge in [-0.15, -0.1) is 11.8 Å². The van der Waals surface area contributed by atoms with Crippen molar-refractivity contribution in [1.29, 1.82) is 0 Å². The molecule has 1 heterocycles. The van der Waals surface area contributed by atoms with Crippen LogP contribution in [-0.2, 0) is 5.75 Å². The van der Waals surface area contributed by atoms with Gasteiger partial charge in [-0.1, -0.05) is 11.3 Å². The lowest BCUT2D eigenvalue weighted by molar-refractivity contribution is 0.400. The van der Waals surface area contributed by atoms with Crippen LogP contribution >= 0.6 is 23.1 Å². The van der Waals surface area contributed by atoms with Crippen LogP contribution in [0.15, 0.2) is 22.4 Å². The van der Waals surface area contributed by atoms with Crippen molar-refractivity contribution in [2.45, 2.75) is 16.9 Å². The summed E-state index contributed by atoms with van der Waals surface area (Å²) in [5, 5.41) is 0.609. The molecule has 0 saturated heterocycles. The van der Waals surface area contributed by atoms with E-state index >= 15 is 0 Å². The lowest BCUT2D eigenvalue weighted by Crippen LogP contribution is -1.92. The van der Waals surface area contributed by atoms with Crippen LogP contribution in [0.5, 0.6) is 11.5 Å². The first kappa shape index (κ1) is 14.0. The Morgan fingerprint density at radius 3 is 2.68 bits per heavy atom. The molecular weight excluding hydrogens is 280 g/mol. The molecule has 19 heavy (non-hydrogen) atoms.